The first-order valence-electron chi connectivity index (χ1n) is 10.2. The van der Waals surface area contributed by atoms with Gasteiger partial charge in [-0.15, -0.1) is 0 Å². The Morgan fingerprint density at radius 1 is 0.767 bits per heavy atom. The van der Waals surface area contributed by atoms with Gasteiger partial charge in [0.25, 0.3) is 0 Å². The summed E-state index contributed by atoms with van der Waals surface area (Å²) in [6.45, 7) is 7.76. The summed E-state index contributed by atoms with van der Waals surface area (Å²) in [5, 5.41) is 2.05. The number of nitrogens with zero attached hydrogens (tertiary/aromatic N) is 2. The predicted molar refractivity (Wildman–Crippen MR) is 123 cm³/mol. The molecule has 150 valence electrons. The monoisotopic (exact) mass is 396 g/mol. The largest absolute Gasteiger partial charge is 0.443 e. The minimum Gasteiger partial charge on any atom is -0.443 e. The molecular formula is C26H24N2O2. The molecule has 4 nitrogen and oxygen atoms in total. The third-order valence-corrected chi connectivity index (χ3v) is 5.34. The van der Waals surface area contributed by atoms with Crippen LogP contribution in [0.3, 0.4) is 0 Å². The van der Waals surface area contributed by atoms with Crippen LogP contribution in [0.5, 0.6) is 0 Å². The van der Waals surface area contributed by atoms with Gasteiger partial charge in [0.15, 0.2) is 0 Å². The van der Waals surface area contributed by atoms with Crippen LogP contribution in [0, 0.1) is 6.92 Å². The minimum absolute atomic E-state index is 0.361. The van der Waals surface area contributed by atoms with Crippen LogP contribution >= 0.6 is 0 Å². The number of aromatic nitrogens is 2. The molecule has 4 heteroatoms. The molecule has 2 aromatic heterocycles. The lowest BCUT2D eigenvalue weighted by atomic mass is 10.2. The third kappa shape index (κ3) is 2.79. The van der Waals surface area contributed by atoms with E-state index in [0.717, 1.165) is 38.5 Å². The zero-order valence-corrected chi connectivity index (χ0v) is 17.6. The summed E-state index contributed by atoms with van der Waals surface area (Å²) in [5.41, 5.74) is 5.51. The van der Waals surface area contributed by atoms with Crippen LogP contribution in [0.2, 0.25) is 0 Å². The van der Waals surface area contributed by atoms with Crippen molar-refractivity contribution in [2.75, 3.05) is 0 Å². The molecule has 0 aliphatic carbocycles. The van der Waals surface area contributed by atoms with Gasteiger partial charge in [-0.3, -0.25) is 0 Å². The molecule has 0 atom stereocenters. The van der Waals surface area contributed by atoms with Gasteiger partial charge >= 0.3 is 6.09 Å². The lowest BCUT2D eigenvalue weighted by Crippen LogP contribution is -2.27. The third-order valence-electron chi connectivity index (χ3n) is 5.34. The second-order valence-corrected chi connectivity index (χ2v) is 8.72. The van der Waals surface area contributed by atoms with Gasteiger partial charge in [0.2, 0.25) is 0 Å². The quantitative estimate of drug-likeness (QED) is 0.311. The Morgan fingerprint density at radius 3 is 1.97 bits per heavy atom. The number of benzene rings is 3. The van der Waals surface area contributed by atoms with Crippen LogP contribution in [0.25, 0.3) is 38.5 Å². The molecule has 5 aromatic rings. The molecule has 0 saturated heterocycles. The topological polar surface area (TPSA) is 36.2 Å². The normalized spacial score (nSPS) is 12.1. The maximum absolute atomic E-state index is 13.3. The Hall–Kier alpha value is -3.53. The first-order chi connectivity index (χ1) is 14.3. The van der Waals surface area contributed by atoms with E-state index in [2.05, 4.69) is 54.0 Å². The highest BCUT2D eigenvalue weighted by Gasteiger charge is 2.26. The number of hydrogen-bond donors (Lipinski definition) is 0. The van der Waals surface area contributed by atoms with Crippen molar-refractivity contribution >= 4 is 38.9 Å². The van der Waals surface area contributed by atoms with E-state index in [0.29, 0.717) is 0 Å². The molecule has 5 rings (SSSR count). The second-order valence-electron chi connectivity index (χ2n) is 8.72. The van der Waals surface area contributed by atoms with Crippen LogP contribution in [0.15, 0.2) is 72.8 Å². The lowest BCUT2D eigenvalue weighted by molar-refractivity contribution is 0.0551. The van der Waals surface area contributed by atoms with E-state index in [-0.39, 0.29) is 6.09 Å². The van der Waals surface area contributed by atoms with Crippen molar-refractivity contribution in [3.8, 4) is 5.69 Å². The Labute approximate surface area is 175 Å². The molecule has 0 amide bonds. The van der Waals surface area contributed by atoms with Crippen molar-refractivity contribution in [1.29, 1.82) is 0 Å². The number of para-hydroxylation sites is 2. The average molecular weight is 396 g/mol. The van der Waals surface area contributed by atoms with Gasteiger partial charge in [-0.05, 0) is 52.0 Å². The molecule has 0 N–H and O–H groups in total. The fourth-order valence-corrected chi connectivity index (χ4v) is 4.15. The number of rotatable bonds is 1. The van der Waals surface area contributed by atoms with E-state index in [4.69, 9.17) is 4.74 Å². The molecule has 0 aliphatic rings. The van der Waals surface area contributed by atoms with Crippen molar-refractivity contribution in [3.63, 3.8) is 0 Å². The zero-order chi connectivity index (χ0) is 21.0. The Morgan fingerprint density at radius 2 is 1.33 bits per heavy atom. The van der Waals surface area contributed by atoms with Crippen LogP contribution in [0.1, 0.15) is 26.3 Å². The average Bonchev–Trinajstić information content (AvgIpc) is 3.20. The molecule has 3 aromatic carbocycles. The smallest absolute Gasteiger partial charge is 0.419 e. The summed E-state index contributed by atoms with van der Waals surface area (Å²) in [7, 11) is 0. The van der Waals surface area contributed by atoms with E-state index in [1.807, 2.05) is 51.1 Å². The maximum atomic E-state index is 13.3. The molecule has 0 bridgehead atoms. The van der Waals surface area contributed by atoms with Gasteiger partial charge in [0.05, 0.1) is 22.1 Å². The molecule has 2 heterocycles. The standard InChI is InChI=1S/C26H24N2O2/c1-17-13-15-18(16-14-17)27-21-11-7-5-9-19(21)24-23(27)20-10-6-8-12-22(20)28(24)25(29)30-26(2,3)4/h5-16H,1-4H3. The number of ether oxygens (including phenoxy) is 1. The SMILES string of the molecule is Cc1ccc(-n2c3ccccc3c3c2c2ccccc2n3C(=O)OC(C)(C)C)cc1. The van der Waals surface area contributed by atoms with E-state index in [1.165, 1.54) is 5.56 Å². The number of aryl methyl sites for hydroxylation is 1. The molecule has 0 spiro atoms. The highest BCUT2D eigenvalue weighted by molar-refractivity contribution is 6.21. The summed E-state index contributed by atoms with van der Waals surface area (Å²) < 4.78 is 9.76. The molecule has 30 heavy (non-hydrogen) atoms. The fraction of sp³-hybridized carbons (Fsp3) is 0.192. The maximum Gasteiger partial charge on any atom is 0.419 e. The van der Waals surface area contributed by atoms with Gasteiger partial charge in [-0.2, -0.15) is 0 Å². The zero-order valence-electron chi connectivity index (χ0n) is 17.6. The van der Waals surface area contributed by atoms with E-state index < -0.39 is 5.60 Å². The van der Waals surface area contributed by atoms with Gasteiger partial charge in [-0.25, -0.2) is 9.36 Å². The van der Waals surface area contributed by atoms with Crippen molar-refractivity contribution in [3.05, 3.63) is 78.4 Å². The van der Waals surface area contributed by atoms with Gasteiger partial charge < -0.3 is 9.30 Å². The number of carbonyl (C=O) groups is 1. The summed E-state index contributed by atoms with van der Waals surface area (Å²) >= 11 is 0. The molecule has 0 unspecified atom stereocenters. The Balaban J connectivity index is 1.96. The summed E-state index contributed by atoms with van der Waals surface area (Å²) in [6.07, 6.45) is -0.361. The molecular weight excluding hydrogens is 372 g/mol. The van der Waals surface area contributed by atoms with Crippen molar-refractivity contribution in [1.82, 2.24) is 9.13 Å². The van der Waals surface area contributed by atoms with E-state index in [1.54, 1.807) is 4.57 Å². The van der Waals surface area contributed by atoms with Gasteiger partial charge in [0.1, 0.15) is 5.60 Å². The highest BCUT2D eigenvalue weighted by atomic mass is 16.6. The molecule has 0 fully saturated rings. The second kappa shape index (κ2) is 6.49. The van der Waals surface area contributed by atoms with Crippen molar-refractivity contribution < 1.29 is 9.53 Å². The molecule has 0 radical (unpaired) electrons. The lowest BCUT2D eigenvalue weighted by Gasteiger charge is -2.20. The van der Waals surface area contributed by atoms with E-state index in [9.17, 15) is 4.79 Å². The van der Waals surface area contributed by atoms with Crippen molar-refractivity contribution in [2.24, 2.45) is 0 Å². The van der Waals surface area contributed by atoms with Gasteiger partial charge in [0, 0.05) is 16.5 Å². The minimum atomic E-state index is -0.579. The first-order valence-corrected chi connectivity index (χ1v) is 10.2. The van der Waals surface area contributed by atoms with Crippen LogP contribution in [-0.4, -0.2) is 20.8 Å². The first kappa shape index (κ1) is 18.5. The van der Waals surface area contributed by atoms with Crippen LogP contribution in [-0.2, 0) is 4.74 Å². The van der Waals surface area contributed by atoms with Crippen LogP contribution < -0.4 is 0 Å². The number of hydrogen-bond acceptors (Lipinski definition) is 2. The highest BCUT2D eigenvalue weighted by Crippen LogP contribution is 2.39. The summed E-state index contributed by atoms with van der Waals surface area (Å²) in [5.74, 6) is 0. The summed E-state index contributed by atoms with van der Waals surface area (Å²) in [6, 6.07) is 24.7. The summed E-state index contributed by atoms with van der Waals surface area (Å²) in [4.78, 5) is 13.3. The van der Waals surface area contributed by atoms with Gasteiger partial charge in [-0.1, -0.05) is 54.1 Å². The fourth-order valence-electron chi connectivity index (χ4n) is 4.15. The molecule has 0 aliphatic heterocycles. The van der Waals surface area contributed by atoms with E-state index >= 15 is 0 Å². The van der Waals surface area contributed by atoms with Crippen molar-refractivity contribution in [2.45, 2.75) is 33.3 Å². The Bertz CT molecular complexity index is 1410. The number of fused-ring (bicyclic) bond motifs is 5. The molecule has 0 saturated carbocycles. The predicted octanol–water partition coefficient (Wildman–Crippen LogP) is 6.83. The Kier molecular flexibility index (Phi) is 4.00. The van der Waals surface area contributed by atoms with Crippen LogP contribution in [0.4, 0.5) is 4.79 Å². The number of carbonyl (C=O) groups excluding carboxylic acids is 1.